The van der Waals surface area contributed by atoms with Crippen molar-refractivity contribution in [2.24, 2.45) is 0 Å². The number of carbonyl (C=O) groups excluding carboxylic acids is 1. The Labute approximate surface area is 135 Å². The van der Waals surface area contributed by atoms with E-state index in [1.54, 1.807) is 17.0 Å². The maximum absolute atomic E-state index is 12.4. The summed E-state index contributed by atoms with van der Waals surface area (Å²) in [7, 11) is 0. The summed E-state index contributed by atoms with van der Waals surface area (Å²) in [4.78, 5) is 24.9. The lowest BCUT2D eigenvalue weighted by atomic mass is 10.1. The molecule has 0 bridgehead atoms. The van der Waals surface area contributed by atoms with Crippen molar-refractivity contribution in [1.82, 2.24) is 4.90 Å². The Hall–Kier alpha value is -2.15. The third kappa shape index (κ3) is 4.66. The van der Waals surface area contributed by atoms with E-state index in [0.717, 1.165) is 19.3 Å². The van der Waals surface area contributed by atoms with Crippen molar-refractivity contribution >= 4 is 17.3 Å². The van der Waals surface area contributed by atoms with Crippen molar-refractivity contribution < 1.29 is 14.5 Å². The number of carbonyl (C=O) groups is 1. The number of nitro groups is 1. The average molecular weight is 321 g/mol. The van der Waals surface area contributed by atoms with Crippen LogP contribution in [0.15, 0.2) is 18.2 Å². The molecular formula is C16H23N3O4. The summed E-state index contributed by atoms with van der Waals surface area (Å²) in [6.07, 6.45) is 3.13. The number of nitrogens with one attached hydrogen (secondary N) is 1. The Bertz CT molecular complexity index is 556. The van der Waals surface area contributed by atoms with Crippen LogP contribution in [0, 0.1) is 10.1 Å². The summed E-state index contributed by atoms with van der Waals surface area (Å²) < 4.78 is 5.22. The number of nitro benzene ring substituents is 1. The van der Waals surface area contributed by atoms with Crippen LogP contribution in [0.1, 0.15) is 36.5 Å². The van der Waals surface area contributed by atoms with Crippen LogP contribution in [0.2, 0.25) is 0 Å². The molecule has 0 unspecified atom stereocenters. The fourth-order valence-corrected chi connectivity index (χ4v) is 2.51. The SMILES string of the molecule is CCCCCNc1ccc(C(=O)N2CCOCC2)cc1[N+](=O)[O-]. The van der Waals surface area contributed by atoms with E-state index >= 15 is 0 Å². The van der Waals surface area contributed by atoms with E-state index in [1.807, 2.05) is 0 Å². The van der Waals surface area contributed by atoms with E-state index in [0.29, 0.717) is 44.1 Å². The lowest BCUT2D eigenvalue weighted by Gasteiger charge is -2.26. The van der Waals surface area contributed by atoms with E-state index in [2.05, 4.69) is 12.2 Å². The summed E-state index contributed by atoms with van der Waals surface area (Å²) in [5, 5.41) is 14.4. The van der Waals surface area contributed by atoms with E-state index in [-0.39, 0.29) is 11.6 Å². The molecule has 0 spiro atoms. The van der Waals surface area contributed by atoms with Gasteiger partial charge in [0.05, 0.1) is 18.1 Å². The number of nitrogens with zero attached hydrogens (tertiary/aromatic N) is 2. The number of morpholine rings is 1. The minimum atomic E-state index is -0.446. The standard InChI is InChI=1S/C16H23N3O4/c1-2-3-4-7-17-14-6-5-13(12-15(14)19(21)22)16(20)18-8-10-23-11-9-18/h5-6,12,17H,2-4,7-11H2,1H3. The van der Waals surface area contributed by atoms with Crippen LogP contribution in [0.5, 0.6) is 0 Å². The van der Waals surface area contributed by atoms with Gasteiger partial charge < -0.3 is 15.0 Å². The first-order valence-electron chi connectivity index (χ1n) is 8.02. The molecule has 1 aromatic carbocycles. The van der Waals surface area contributed by atoms with Gasteiger partial charge in [0.25, 0.3) is 11.6 Å². The highest BCUT2D eigenvalue weighted by atomic mass is 16.6. The lowest BCUT2D eigenvalue weighted by molar-refractivity contribution is -0.384. The zero-order valence-corrected chi connectivity index (χ0v) is 13.4. The molecule has 0 aliphatic carbocycles. The highest BCUT2D eigenvalue weighted by Gasteiger charge is 2.22. The first kappa shape index (κ1) is 17.2. The topological polar surface area (TPSA) is 84.7 Å². The summed E-state index contributed by atoms with van der Waals surface area (Å²) in [6.45, 7) is 4.84. The summed E-state index contributed by atoms with van der Waals surface area (Å²) in [6, 6.07) is 4.63. The molecule has 1 aliphatic rings. The van der Waals surface area contributed by atoms with Crippen molar-refractivity contribution in [3.05, 3.63) is 33.9 Å². The second kappa shape index (κ2) is 8.47. The number of hydrogen-bond acceptors (Lipinski definition) is 5. The quantitative estimate of drug-likeness (QED) is 0.474. The summed E-state index contributed by atoms with van der Waals surface area (Å²) in [5.74, 6) is -0.186. The molecule has 23 heavy (non-hydrogen) atoms. The van der Waals surface area contributed by atoms with Crippen molar-refractivity contribution in [2.75, 3.05) is 38.2 Å². The fourth-order valence-electron chi connectivity index (χ4n) is 2.51. The molecule has 2 rings (SSSR count). The molecule has 126 valence electrons. The highest BCUT2D eigenvalue weighted by molar-refractivity contribution is 5.95. The molecule has 7 heteroatoms. The molecule has 7 nitrogen and oxygen atoms in total. The van der Waals surface area contributed by atoms with Crippen LogP contribution in [-0.4, -0.2) is 48.6 Å². The largest absolute Gasteiger partial charge is 0.379 e. The van der Waals surface area contributed by atoms with Crippen LogP contribution < -0.4 is 5.32 Å². The second-order valence-corrected chi connectivity index (χ2v) is 5.53. The molecule has 1 saturated heterocycles. The number of amides is 1. The Balaban J connectivity index is 2.11. The molecule has 0 atom stereocenters. The maximum atomic E-state index is 12.4. The van der Waals surface area contributed by atoms with E-state index in [9.17, 15) is 14.9 Å². The number of unbranched alkanes of at least 4 members (excludes halogenated alkanes) is 2. The monoisotopic (exact) mass is 321 g/mol. The van der Waals surface area contributed by atoms with Crippen LogP contribution in [-0.2, 0) is 4.74 Å². The van der Waals surface area contributed by atoms with E-state index in [4.69, 9.17) is 4.74 Å². The van der Waals surface area contributed by atoms with Crippen LogP contribution in [0.3, 0.4) is 0 Å². The zero-order valence-electron chi connectivity index (χ0n) is 13.4. The first-order chi connectivity index (χ1) is 11.1. The van der Waals surface area contributed by atoms with Crippen molar-refractivity contribution in [3.8, 4) is 0 Å². The van der Waals surface area contributed by atoms with Gasteiger partial charge in [0.2, 0.25) is 0 Å². The van der Waals surface area contributed by atoms with Gasteiger partial charge in [-0.3, -0.25) is 14.9 Å². The molecule has 1 amide bonds. The average Bonchev–Trinajstić information content (AvgIpc) is 2.59. The van der Waals surface area contributed by atoms with Crippen LogP contribution >= 0.6 is 0 Å². The summed E-state index contributed by atoms with van der Waals surface area (Å²) in [5.41, 5.74) is 0.753. The molecule has 1 aromatic rings. The molecule has 1 aliphatic heterocycles. The highest BCUT2D eigenvalue weighted by Crippen LogP contribution is 2.26. The van der Waals surface area contributed by atoms with Gasteiger partial charge in [0.15, 0.2) is 0 Å². The van der Waals surface area contributed by atoms with Crippen LogP contribution in [0.25, 0.3) is 0 Å². The van der Waals surface area contributed by atoms with Gasteiger partial charge >= 0.3 is 0 Å². The second-order valence-electron chi connectivity index (χ2n) is 5.53. The molecular weight excluding hydrogens is 298 g/mol. The predicted octanol–water partition coefficient (Wildman–Crippen LogP) is 2.67. The Morgan fingerprint density at radius 3 is 2.74 bits per heavy atom. The molecule has 1 N–H and O–H groups in total. The summed E-state index contributed by atoms with van der Waals surface area (Å²) >= 11 is 0. The zero-order chi connectivity index (χ0) is 16.7. The molecule has 0 radical (unpaired) electrons. The Morgan fingerprint density at radius 1 is 1.35 bits per heavy atom. The number of hydrogen-bond donors (Lipinski definition) is 1. The Kier molecular flexibility index (Phi) is 6.34. The van der Waals surface area contributed by atoms with Gasteiger partial charge in [-0.2, -0.15) is 0 Å². The third-order valence-corrected chi connectivity index (χ3v) is 3.84. The van der Waals surface area contributed by atoms with Gasteiger partial charge in [0, 0.05) is 31.3 Å². The molecule has 1 fully saturated rings. The minimum Gasteiger partial charge on any atom is -0.379 e. The molecule has 0 aromatic heterocycles. The lowest BCUT2D eigenvalue weighted by Crippen LogP contribution is -2.40. The smallest absolute Gasteiger partial charge is 0.293 e. The van der Waals surface area contributed by atoms with Gasteiger partial charge in [-0.1, -0.05) is 19.8 Å². The fraction of sp³-hybridized carbons (Fsp3) is 0.562. The van der Waals surface area contributed by atoms with Gasteiger partial charge in [-0.25, -0.2) is 0 Å². The van der Waals surface area contributed by atoms with Crippen molar-refractivity contribution in [3.63, 3.8) is 0 Å². The van der Waals surface area contributed by atoms with Gasteiger partial charge in [0.1, 0.15) is 5.69 Å². The first-order valence-corrected chi connectivity index (χ1v) is 8.02. The number of rotatable bonds is 7. The number of anilines is 1. The van der Waals surface area contributed by atoms with E-state index < -0.39 is 4.92 Å². The third-order valence-electron chi connectivity index (χ3n) is 3.84. The predicted molar refractivity (Wildman–Crippen MR) is 87.8 cm³/mol. The Morgan fingerprint density at radius 2 is 2.09 bits per heavy atom. The van der Waals surface area contributed by atoms with Crippen LogP contribution in [0.4, 0.5) is 11.4 Å². The van der Waals surface area contributed by atoms with Gasteiger partial charge in [-0.15, -0.1) is 0 Å². The normalized spacial score (nSPS) is 14.6. The number of ether oxygens (including phenoxy) is 1. The number of benzene rings is 1. The van der Waals surface area contributed by atoms with Crippen molar-refractivity contribution in [2.45, 2.75) is 26.2 Å². The molecule has 0 saturated carbocycles. The minimum absolute atomic E-state index is 0.0550. The molecule has 1 heterocycles. The van der Waals surface area contributed by atoms with E-state index in [1.165, 1.54) is 6.07 Å². The maximum Gasteiger partial charge on any atom is 0.293 e. The van der Waals surface area contributed by atoms with Gasteiger partial charge in [-0.05, 0) is 18.6 Å². The van der Waals surface area contributed by atoms with Crippen molar-refractivity contribution in [1.29, 1.82) is 0 Å².